The Morgan fingerprint density at radius 1 is 0.391 bits per heavy atom. The van der Waals surface area contributed by atoms with Gasteiger partial charge in [0.15, 0.2) is 0 Å². The summed E-state index contributed by atoms with van der Waals surface area (Å²) >= 11 is 0. The van der Waals surface area contributed by atoms with E-state index in [2.05, 4.69) is 177 Å². The van der Waals surface area contributed by atoms with Gasteiger partial charge < -0.3 is 20.9 Å². The molecule has 0 saturated heterocycles. The van der Waals surface area contributed by atoms with Crippen LogP contribution < -0.4 is 20.9 Å². The lowest BCUT2D eigenvalue weighted by Crippen LogP contribution is -2.19. The Hall–Kier alpha value is -1.85. The van der Waals surface area contributed by atoms with Gasteiger partial charge in [0.2, 0.25) is 0 Å². The molecule has 0 saturated carbocycles. The lowest BCUT2D eigenvalue weighted by molar-refractivity contribution is 1.00. The molecule has 7 heteroatoms. The van der Waals surface area contributed by atoms with Gasteiger partial charge in [-0.15, -0.1) is 0 Å². The predicted octanol–water partition coefficient (Wildman–Crippen LogP) is 13.2. The first-order valence-electron chi connectivity index (χ1n) is 17.4. The molecule has 0 spiro atoms. The van der Waals surface area contributed by atoms with E-state index in [1.54, 1.807) is 0 Å². The third-order valence-electron chi connectivity index (χ3n) is 8.77. The zero-order chi connectivity index (χ0) is 34.0. The maximum absolute atomic E-state index is 3.95. The minimum absolute atomic E-state index is 0.156. The summed E-state index contributed by atoms with van der Waals surface area (Å²) < 4.78 is 0. The topological polar surface area (TPSA) is 39.3 Å². The quantitative estimate of drug-likeness (QED) is 0.117. The van der Waals surface area contributed by atoms with E-state index in [1.165, 1.54) is 34.1 Å². The van der Waals surface area contributed by atoms with Crippen molar-refractivity contribution >= 4 is 57.9 Å². The molecule has 0 amide bonds. The fourth-order valence-electron chi connectivity index (χ4n) is 6.26. The van der Waals surface area contributed by atoms with Crippen molar-refractivity contribution in [1.29, 1.82) is 0 Å². The fourth-order valence-corrected chi connectivity index (χ4v) is 13.1. The van der Waals surface area contributed by atoms with Crippen molar-refractivity contribution in [2.45, 2.75) is 117 Å². The van der Waals surface area contributed by atoms with Crippen LogP contribution in [-0.4, -0.2) is 52.8 Å². The van der Waals surface area contributed by atoms with Crippen LogP contribution in [0.25, 0.3) is 0 Å². The third-order valence-corrected chi connectivity index (χ3v) is 18.3. The summed E-state index contributed by atoms with van der Waals surface area (Å²) in [5.41, 5.74) is 11.1. The zero-order valence-corrected chi connectivity index (χ0v) is 33.5. The average Bonchev–Trinajstić information content (AvgIpc) is 2.98. The van der Waals surface area contributed by atoms with Crippen molar-refractivity contribution in [3.63, 3.8) is 0 Å². The number of hydrogen-bond acceptors (Lipinski definition) is 4. The van der Waals surface area contributed by atoms with Crippen LogP contribution in [0.5, 0.6) is 0 Å². The molecule has 0 aliphatic heterocycles. The molecule has 3 N–H and O–H groups in total. The summed E-state index contributed by atoms with van der Waals surface area (Å²) in [5.74, 6) is 0. The van der Waals surface area contributed by atoms with Gasteiger partial charge in [0.1, 0.15) is 0 Å². The normalized spacial score (nSPS) is 12.2. The molecule has 4 nitrogen and oxygen atoms in total. The number of nitrogens with one attached hydrogen (secondary N) is 3. The first-order valence-corrected chi connectivity index (χ1v) is 22.4. The van der Waals surface area contributed by atoms with Crippen molar-refractivity contribution in [2.75, 3.05) is 39.7 Å². The summed E-state index contributed by atoms with van der Waals surface area (Å²) in [6.07, 6.45) is 3.03. The van der Waals surface area contributed by atoms with Gasteiger partial charge in [0, 0.05) is 18.9 Å². The molecule has 0 aliphatic carbocycles. The maximum Gasteiger partial charge on any atom is 0.0695 e. The van der Waals surface area contributed by atoms with Crippen LogP contribution in [0.15, 0.2) is 72.8 Å². The first kappa shape index (κ1) is 38.6. The Bertz CT molecular complexity index is 1140. The second kappa shape index (κ2) is 18.6. The maximum atomic E-state index is 3.95. The van der Waals surface area contributed by atoms with Gasteiger partial charge >= 0.3 is 0 Å². The number of nitrogens with zero attached hydrogens (tertiary/aromatic N) is 1. The van der Waals surface area contributed by atoms with Crippen LogP contribution in [0.3, 0.4) is 0 Å². The average molecular weight is 681 g/mol. The molecule has 0 aromatic heterocycles. The van der Waals surface area contributed by atoms with Crippen LogP contribution in [-0.2, 0) is 0 Å². The Balaban J connectivity index is 2.17. The van der Waals surface area contributed by atoms with Crippen molar-refractivity contribution in [2.24, 2.45) is 0 Å². The highest BCUT2D eigenvalue weighted by Crippen LogP contribution is 2.51. The lowest BCUT2D eigenvalue weighted by Gasteiger charge is -2.34. The van der Waals surface area contributed by atoms with E-state index < -0.39 is 0 Å². The largest absolute Gasteiger partial charge is 0.379 e. The van der Waals surface area contributed by atoms with Gasteiger partial charge in [-0.1, -0.05) is 143 Å². The van der Waals surface area contributed by atoms with E-state index >= 15 is 0 Å². The molecule has 0 unspecified atom stereocenters. The standard InChI is InChI=1S/C39H63N4P3/c1-28(2)44(29(3)4)25-40-34-19-13-16-22-37(34)43(38-23-17-14-20-35(38)41-26-45(30(5)6)31(7)8)39-24-18-15-21-36(39)42-27-46(32(9)10)33(11)12/h13-24,28-33,40-42H,25-27H2,1-12H3. The van der Waals surface area contributed by atoms with E-state index in [0.29, 0.717) is 34.0 Å². The minimum Gasteiger partial charge on any atom is -0.379 e. The first-order chi connectivity index (χ1) is 21.8. The van der Waals surface area contributed by atoms with Gasteiger partial charge in [-0.3, -0.25) is 0 Å². The molecule has 3 rings (SSSR count). The zero-order valence-electron chi connectivity index (χ0n) is 30.8. The van der Waals surface area contributed by atoms with Gasteiger partial charge in [-0.25, -0.2) is 0 Å². The third kappa shape index (κ3) is 10.6. The van der Waals surface area contributed by atoms with Crippen molar-refractivity contribution < 1.29 is 0 Å². The lowest BCUT2D eigenvalue weighted by atomic mass is 10.1. The molecule has 0 aliphatic rings. The molecule has 3 aromatic carbocycles. The molecular weight excluding hydrogens is 617 g/mol. The van der Waals surface area contributed by atoms with E-state index in [9.17, 15) is 0 Å². The molecule has 46 heavy (non-hydrogen) atoms. The highest BCUT2D eigenvalue weighted by Gasteiger charge is 2.25. The fraction of sp³-hybridized carbons (Fsp3) is 0.538. The number of hydrogen-bond donors (Lipinski definition) is 3. The monoisotopic (exact) mass is 680 g/mol. The van der Waals surface area contributed by atoms with Crippen LogP contribution >= 0.6 is 23.8 Å². The van der Waals surface area contributed by atoms with E-state index in [1.807, 2.05) is 0 Å². The molecule has 0 heterocycles. The molecule has 0 fully saturated rings. The molecule has 254 valence electrons. The minimum atomic E-state index is -0.156. The van der Waals surface area contributed by atoms with Crippen molar-refractivity contribution in [1.82, 2.24) is 0 Å². The highest BCUT2D eigenvalue weighted by molar-refractivity contribution is 7.59. The molecule has 0 bridgehead atoms. The van der Waals surface area contributed by atoms with Gasteiger partial charge in [0.25, 0.3) is 0 Å². The molecule has 0 radical (unpaired) electrons. The Kier molecular flexibility index (Phi) is 15.6. The summed E-state index contributed by atoms with van der Waals surface area (Å²) in [7, 11) is -0.469. The Morgan fingerprint density at radius 2 is 0.609 bits per heavy atom. The van der Waals surface area contributed by atoms with E-state index in [0.717, 1.165) is 18.9 Å². The summed E-state index contributed by atoms with van der Waals surface area (Å²) in [5, 5.41) is 11.8. The van der Waals surface area contributed by atoms with Crippen LogP contribution in [0.1, 0.15) is 83.1 Å². The molecule has 3 aromatic rings. The SMILES string of the molecule is CC(C)P(CNc1ccccc1N(c1ccccc1NCP(C(C)C)C(C)C)c1ccccc1NCP(C(C)C)C(C)C)C(C)C. The Labute approximate surface area is 286 Å². The van der Waals surface area contributed by atoms with Crippen LogP contribution in [0.4, 0.5) is 34.1 Å². The van der Waals surface area contributed by atoms with E-state index in [4.69, 9.17) is 0 Å². The van der Waals surface area contributed by atoms with Gasteiger partial charge in [-0.05, 0) is 70.4 Å². The second-order valence-electron chi connectivity index (χ2n) is 14.0. The number of para-hydroxylation sites is 6. The van der Waals surface area contributed by atoms with Crippen molar-refractivity contribution in [3.05, 3.63) is 72.8 Å². The number of rotatable bonds is 18. The van der Waals surface area contributed by atoms with Crippen LogP contribution in [0.2, 0.25) is 0 Å². The summed E-state index contributed by atoms with van der Waals surface area (Å²) in [6, 6.07) is 26.7. The predicted molar refractivity (Wildman–Crippen MR) is 218 cm³/mol. The molecular formula is C39H63N4P3. The number of anilines is 6. The smallest absolute Gasteiger partial charge is 0.0695 e. The summed E-state index contributed by atoms with van der Waals surface area (Å²) in [4.78, 5) is 2.49. The highest BCUT2D eigenvalue weighted by atomic mass is 31.1. The number of benzene rings is 3. The van der Waals surface area contributed by atoms with Gasteiger partial charge in [0.05, 0.1) is 34.1 Å². The van der Waals surface area contributed by atoms with Crippen LogP contribution in [0, 0.1) is 0 Å². The molecule has 0 atom stereocenters. The van der Waals surface area contributed by atoms with Crippen molar-refractivity contribution in [3.8, 4) is 0 Å². The van der Waals surface area contributed by atoms with E-state index in [-0.39, 0.29) is 23.8 Å². The van der Waals surface area contributed by atoms with Gasteiger partial charge in [-0.2, -0.15) is 0 Å². The summed E-state index contributed by atoms with van der Waals surface area (Å²) in [6.45, 7) is 28.5. The second-order valence-corrected chi connectivity index (χ2v) is 24.2. The Morgan fingerprint density at radius 3 is 0.826 bits per heavy atom.